The number of fused-ring (bicyclic) bond motifs is 1. The van der Waals surface area contributed by atoms with Crippen molar-refractivity contribution in [3.63, 3.8) is 0 Å². The van der Waals surface area contributed by atoms with Crippen LogP contribution in [-0.2, 0) is 19.9 Å². The number of pyridine rings is 1. The van der Waals surface area contributed by atoms with Gasteiger partial charge in [-0.3, -0.25) is 14.8 Å². The van der Waals surface area contributed by atoms with E-state index in [4.69, 9.17) is 0 Å². The first-order valence-electron chi connectivity index (χ1n) is 9.94. The molecule has 3 aromatic heterocycles. The Hall–Kier alpha value is -3.87. The predicted octanol–water partition coefficient (Wildman–Crippen LogP) is 5.09. The zero-order valence-electron chi connectivity index (χ0n) is 16.8. The van der Waals surface area contributed by atoms with E-state index in [2.05, 4.69) is 20.3 Å². The summed E-state index contributed by atoms with van der Waals surface area (Å²) < 4.78 is 31.6. The van der Waals surface area contributed by atoms with Crippen molar-refractivity contribution in [1.29, 1.82) is 0 Å². The molecular formula is C24H19F2N5. The van der Waals surface area contributed by atoms with Crippen LogP contribution in [0.1, 0.15) is 11.1 Å². The molecule has 0 aliphatic carbocycles. The zero-order valence-corrected chi connectivity index (χ0v) is 16.8. The van der Waals surface area contributed by atoms with Crippen LogP contribution in [0.2, 0.25) is 0 Å². The lowest BCUT2D eigenvalue weighted by Gasteiger charge is -2.09. The summed E-state index contributed by atoms with van der Waals surface area (Å²) >= 11 is 0. The minimum atomic E-state index is -0.624. The van der Waals surface area contributed by atoms with E-state index in [1.807, 2.05) is 43.6 Å². The van der Waals surface area contributed by atoms with Crippen molar-refractivity contribution in [2.45, 2.75) is 12.8 Å². The first-order valence-corrected chi connectivity index (χ1v) is 9.94. The lowest BCUT2D eigenvalue weighted by atomic mass is 10.0. The van der Waals surface area contributed by atoms with E-state index < -0.39 is 11.6 Å². The highest BCUT2D eigenvalue weighted by molar-refractivity contribution is 5.94. The number of rotatable bonds is 5. The predicted molar refractivity (Wildman–Crippen MR) is 115 cm³/mol. The standard InChI is InChI=1S/C24H19F2N5/c1-31-14-17(12-28-31)24-18-11-21(27-13-22(18)29-30-24)23-19(25)9-16(10-20(23)26)8-7-15-5-3-2-4-6-15/h2-6,9-14H,7-8H2,1H3,(H,29,30). The van der Waals surface area contributed by atoms with Crippen LogP contribution < -0.4 is 0 Å². The van der Waals surface area contributed by atoms with Crippen LogP contribution in [-0.4, -0.2) is 25.0 Å². The third-order valence-corrected chi connectivity index (χ3v) is 5.33. The van der Waals surface area contributed by atoms with E-state index in [9.17, 15) is 8.78 Å². The van der Waals surface area contributed by atoms with Crippen LogP contribution in [0.5, 0.6) is 0 Å². The number of hydrogen-bond donors (Lipinski definition) is 1. The molecule has 0 amide bonds. The van der Waals surface area contributed by atoms with Crippen molar-refractivity contribution in [1.82, 2.24) is 25.0 Å². The molecule has 0 atom stereocenters. The molecule has 0 aliphatic rings. The summed E-state index contributed by atoms with van der Waals surface area (Å²) in [6.07, 6.45) is 6.33. The molecule has 5 aromatic rings. The van der Waals surface area contributed by atoms with E-state index in [0.717, 1.165) is 16.5 Å². The summed E-state index contributed by atoms with van der Waals surface area (Å²) in [5, 5.41) is 12.1. The first-order chi connectivity index (χ1) is 15.1. The molecule has 154 valence electrons. The lowest BCUT2D eigenvalue weighted by Crippen LogP contribution is -1.98. The smallest absolute Gasteiger partial charge is 0.135 e. The molecule has 0 bridgehead atoms. The fraction of sp³-hybridized carbons (Fsp3) is 0.125. The highest BCUT2D eigenvalue weighted by Gasteiger charge is 2.18. The number of nitrogens with one attached hydrogen (secondary N) is 1. The van der Waals surface area contributed by atoms with Gasteiger partial charge in [0.2, 0.25) is 0 Å². The van der Waals surface area contributed by atoms with Gasteiger partial charge < -0.3 is 0 Å². The molecular weight excluding hydrogens is 396 g/mol. The number of H-pyrrole nitrogens is 1. The molecule has 0 fully saturated rings. The molecule has 31 heavy (non-hydrogen) atoms. The molecule has 5 nitrogen and oxygen atoms in total. The van der Waals surface area contributed by atoms with E-state index in [1.165, 1.54) is 12.1 Å². The summed E-state index contributed by atoms with van der Waals surface area (Å²) in [4.78, 5) is 4.26. The van der Waals surface area contributed by atoms with Crippen molar-refractivity contribution in [2.24, 2.45) is 7.05 Å². The molecule has 0 unspecified atom stereocenters. The van der Waals surface area contributed by atoms with Gasteiger partial charge in [0, 0.05) is 24.2 Å². The molecule has 0 radical (unpaired) electrons. The van der Waals surface area contributed by atoms with Gasteiger partial charge in [-0.1, -0.05) is 30.3 Å². The highest BCUT2D eigenvalue weighted by Crippen LogP contribution is 2.31. The van der Waals surface area contributed by atoms with Crippen LogP contribution in [0.4, 0.5) is 8.78 Å². The van der Waals surface area contributed by atoms with Crippen molar-refractivity contribution >= 4 is 10.9 Å². The fourth-order valence-electron chi connectivity index (χ4n) is 3.77. The van der Waals surface area contributed by atoms with Gasteiger partial charge in [0.15, 0.2) is 0 Å². The second-order valence-corrected chi connectivity index (χ2v) is 7.51. The molecule has 3 heterocycles. The van der Waals surface area contributed by atoms with Crippen molar-refractivity contribution < 1.29 is 8.78 Å². The third-order valence-electron chi connectivity index (χ3n) is 5.33. The van der Waals surface area contributed by atoms with Crippen LogP contribution in [0.15, 0.2) is 67.1 Å². The van der Waals surface area contributed by atoms with Crippen molar-refractivity contribution in [2.75, 3.05) is 0 Å². The van der Waals surface area contributed by atoms with Crippen LogP contribution in [0.25, 0.3) is 33.4 Å². The Morgan fingerprint density at radius 3 is 2.39 bits per heavy atom. The van der Waals surface area contributed by atoms with Gasteiger partial charge in [0.05, 0.1) is 29.2 Å². The van der Waals surface area contributed by atoms with E-state index in [1.54, 1.807) is 23.1 Å². The number of aryl methyl sites for hydroxylation is 3. The van der Waals surface area contributed by atoms with E-state index in [0.29, 0.717) is 29.6 Å². The second kappa shape index (κ2) is 7.75. The van der Waals surface area contributed by atoms with E-state index >= 15 is 0 Å². The van der Waals surface area contributed by atoms with Crippen LogP contribution in [0, 0.1) is 11.6 Å². The van der Waals surface area contributed by atoms with Gasteiger partial charge in [-0.2, -0.15) is 10.2 Å². The maximum absolute atomic E-state index is 15.0. The average Bonchev–Trinajstić information content (AvgIpc) is 3.38. The fourth-order valence-corrected chi connectivity index (χ4v) is 3.77. The lowest BCUT2D eigenvalue weighted by molar-refractivity contribution is 0.584. The Labute approximate surface area is 177 Å². The normalized spacial score (nSPS) is 11.3. The zero-order chi connectivity index (χ0) is 21.4. The van der Waals surface area contributed by atoms with Gasteiger partial charge in [-0.15, -0.1) is 0 Å². The number of aromatic nitrogens is 5. The second-order valence-electron chi connectivity index (χ2n) is 7.51. The molecule has 0 saturated carbocycles. The largest absolute Gasteiger partial charge is 0.276 e. The van der Waals surface area contributed by atoms with Crippen LogP contribution in [0.3, 0.4) is 0 Å². The summed E-state index contributed by atoms with van der Waals surface area (Å²) in [7, 11) is 1.81. The maximum atomic E-state index is 15.0. The van der Waals surface area contributed by atoms with Gasteiger partial charge in [-0.05, 0) is 42.2 Å². The maximum Gasteiger partial charge on any atom is 0.135 e. The minimum Gasteiger partial charge on any atom is -0.276 e. The minimum absolute atomic E-state index is 0.135. The Morgan fingerprint density at radius 1 is 0.935 bits per heavy atom. The Bertz CT molecular complexity index is 1350. The van der Waals surface area contributed by atoms with Gasteiger partial charge in [0.1, 0.15) is 17.3 Å². The number of nitrogens with zero attached hydrogens (tertiary/aromatic N) is 4. The topological polar surface area (TPSA) is 59.4 Å². The summed E-state index contributed by atoms with van der Waals surface area (Å²) in [6.45, 7) is 0. The number of aromatic amines is 1. The Kier molecular flexibility index (Phi) is 4.78. The SMILES string of the molecule is Cn1cc(-c2n[nH]c3cnc(-c4c(F)cc(CCc5ccccc5)cc4F)cc23)cn1. The monoisotopic (exact) mass is 415 g/mol. The molecule has 0 saturated heterocycles. The Balaban J connectivity index is 1.49. The first kappa shape index (κ1) is 19.1. The van der Waals surface area contributed by atoms with Crippen molar-refractivity contribution in [3.8, 4) is 22.5 Å². The third kappa shape index (κ3) is 3.70. The van der Waals surface area contributed by atoms with Crippen molar-refractivity contribution in [3.05, 3.63) is 89.9 Å². The van der Waals surface area contributed by atoms with Crippen LogP contribution >= 0.6 is 0 Å². The van der Waals surface area contributed by atoms with Gasteiger partial charge >= 0.3 is 0 Å². The van der Waals surface area contributed by atoms with Gasteiger partial charge in [0.25, 0.3) is 0 Å². The molecule has 7 heteroatoms. The molecule has 0 aliphatic heterocycles. The molecule has 0 spiro atoms. The number of benzene rings is 2. The Morgan fingerprint density at radius 2 is 1.68 bits per heavy atom. The van der Waals surface area contributed by atoms with Gasteiger partial charge in [-0.25, -0.2) is 8.78 Å². The number of hydrogen-bond acceptors (Lipinski definition) is 3. The summed E-state index contributed by atoms with van der Waals surface area (Å²) in [6, 6.07) is 14.3. The number of halogens is 2. The average molecular weight is 415 g/mol. The summed E-state index contributed by atoms with van der Waals surface area (Å²) in [5.74, 6) is -1.25. The quantitative estimate of drug-likeness (QED) is 0.435. The molecule has 2 aromatic carbocycles. The summed E-state index contributed by atoms with van der Waals surface area (Å²) in [5.41, 5.74) is 3.98. The van der Waals surface area contributed by atoms with E-state index in [-0.39, 0.29) is 11.3 Å². The highest BCUT2D eigenvalue weighted by atomic mass is 19.1. The molecule has 1 N–H and O–H groups in total. The molecule has 5 rings (SSSR count).